The van der Waals surface area contributed by atoms with Gasteiger partial charge in [0.1, 0.15) is 18.1 Å². The van der Waals surface area contributed by atoms with Crippen molar-refractivity contribution in [2.75, 3.05) is 35.2 Å². The summed E-state index contributed by atoms with van der Waals surface area (Å²) in [6.45, 7) is 8.40. The first-order valence-electron chi connectivity index (χ1n) is 32.0. The molecule has 1 saturated heterocycles. The van der Waals surface area contributed by atoms with Gasteiger partial charge in [-0.25, -0.2) is 15.4 Å². The third-order valence-corrected chi connectivity index (χ3v) is 17.2. The lowest BCUT2D eigenvalue weighted by molar-refractivity contribution is -0.144. The van der Waals surface area contributed by atoms with Crippen LogP contribution in [0.2, 0.25) is 0 Å². The predicted molar refractivity (Wildman–Crippen MR) is 369 cm³/mol. The van der Waals surface area contributed by atoms with Gasteiger partial charge in [0.15, 0.2) is 16.9 Å². The fraction of sp³-hybridized carbons (Fsp3) is 0.394. The van der Waals surface area contributed by atoms with Crippen LogP contribution >= 0.6 is 11.8 Å². The summed E-state index contributed by atoms with van der Waals surface area (Å²) in [7, 11) is 0. The number of nitrogen functional groups attached to an aromatic ring is 1. The van der Waals surface area contributed by atoms with Crippen LogP contribution in [0.25, 0.3) is 22.1 Å². The summed E-state index contributed by atoms with van der Waals surface area (Å²) in [6.07, 6.45) is -0.557. The van der Waals surface area contributed by atoms with Crippen LogP contribution in [0.4, 0.5) is 17.3 Å². The molecule has 4 heterocycles. The number of rotatable bonds is 37. The molecule has 3 aromatic heterocycles. The molecule has 9 amide bonds. The third kappa shape index (κ3) is 22.3. The number of aromatic amines is 2. The smallest absolute Gasteiger partial charge is 0.307 e. The Morgan fingerprint density at radius 1 is 0.760 bits per heavy atom. The highest BCUT2D eigenvalue weighted by atomic mass is 32.2. The molecule has 1 fully saturated rings. The quantitative estimate of drug-likeness (QED) is 0.00876. The minimum Gasteiger partial charge on any atom is -0.481 e. The van der Waals surface area contributed by atoms with Gasteiger partial charge in [0.25, 0.3) is 17.4 Å². The summed E-state index contributed by atoms with van der Waals surface area (Å²) in [5, 5.41) is 50.4. The number of hydrazone groups is 1. The maximum atomic E-state index is 13.9. The number of Topliss-reactive ketones (excluding diaryl/α,β-unsaturated/α-hetero) is 1. The van der Waals surface area contributed by atoms with Gasteiger partial charge in [-0.2, -0.15) is 10.1 Å². The van der Waals surface area contributed by atoms with Crippen molar-refractivity contribution in [3.8, 4) is 0 Å². The Kier molecular flexibility index (Phi) is 27.1. The number of amidine groups is 1. The molecule has 17 N–H and O–H groups in total. The van der Waals surface area contributed by atoms with E-state index in [9.17, 15) is 72.5 Å². The SMILES string of the molecule is CC(=NNC(=O)CCN1C(=O)CC(SCC(CC(=O)[C@@H](CC(=O)O)NC(=O)[C@@H](CCCCC(=N)N)NC(=O)[C@H](C)NC(=O)CCCNC(=O)c2ccc(NCc3cnc4nc(N)[nH]c(=O)c4n3)cc2)C(=O)O)C1=O)c1ccc(C(=O)N[C@H](C(=O)Nc2ccc3[nH]c(C)cc3c2)C(C)C)cc1. The van der Waals surface area contributed by atoms with Crippen molar-refractivity contribution in [2.24, 2.45) is 22.7 Å². The number of carboxylic acid groups (broad SMARTS) is 2. The summed E-state index contributed by atoms with van der Waals surface area (Å²) >= 11 is 0.764. The Labute approximate surface area is 576 Å². The second-order valence-electron chi connectivity index (χ2n) is 24.2. The van der Waals surface area contributed by atoms with Gasteiger partial charge < -0.3 is 63.9 Å². The number of fused-ring (bicyclic) bond motifs is 2. The van der Waals surface area contributed by atoms with Gasteiger partial charge in [-0.05, 0) is 112 Å². The zero-order valence-electron chi connectivity index (χ0n) is 55.4. The highest BCUT2D eigenvalue weighted by Gasteiger charge is 2.40. The number of thioether (sulfide) groups is 1. The molecular weight excluding hydrogens is 1320 g/mol. The average molecular weight is 1400 g/mol. The average Bonchev–Trinajstić information content (AvgIpc) is 1.13. The number of aromatic nitrogens is 5. The van der Waals surface area contributed by atoms with E-state index in [1.54, 1.807) is 49.4 Å². The fourth-order valence-corrected chi connectivity index (χ4v) is 11.6. The molecule has 34 heteroatoms. The number of nitrogens with zero attached hydrogens (tertiary/aromatic N) is 5. The Morgan fingerprint density at radius 2 is 1.44 bits per heavy atom. The first kappa shape index (κ1) is 75.9. The van der Waals surface area contributed by atoms with Crippen LogP contribution < -0.4 is 59.7 Å². The summed E-state index contributed by atoms with van der Waals surface area (Å²) in [6, 6.07) is 14.8. The molecule has 3 aromatic carbocycles. The van der Waals surface area contributed by atoms with E-state index in [1.807, 2.05) is 39.0 Å². The summed E-state index contributed by atoms with van der Waals surface area (Å²) < 4.78 is 0. The highest BCUT2D eigenvalue weighted by molar-refractivity contribution is 8.00. The van der Waals surface area contributed by atoms with E-state index in [0.29, 0.717) is 40.3 Å². The first-order chi connectivity index (χ1) is 47.5. The number of hydrogen-bond acceptors (Lipinski definition) is 21. The van der Waals surface area contributed by atoms with E-state index < -0.39 is 130 Å². The maximum absolute atomic E-state index is 13.9. The number of nitrogens with one attached hydrogen (secondary N) is 11. The van der Waals surface area contributed by atoms with E-state index in [2.05, 4.69) is 72.7 Å². The van der Waals surface area contributed by atoms with E-state index in [-0.39, 0.29) is 99.0 Å². The minimum atomic E-state index is -1.81. The van der Waals surface area contributed by atoms with Crippen LogP contribution in [0.15, 0.2) is 88.9 Å². The molecule has 530 valence electrons. The van der Waals surface area contributed by atoms with Gasteiger partial charge in [0.2, 0.25) is 47.3 Å². The Bertz CT molecular complexity index is 4180. The monoisotopic (exact) mass is 1400 g/mol. The molecule has 0 saturated carbocycles. The van der Waals surface area contributed by atoms with Crippen molar-refractivity contribution >= 4 is 134 Å². The Balaban J connectivity index is 0.833. The Morgan fingerprint density at radius 3 is 2.13 bits per heavy atom. The van der Waals surface area contributed by atoms with E-state index in [1.165, 1.54) is 25.3 Å². The van der Waals surface area contributed by atoms with Gasteiger partial charge >= 0.3 is 11.9 Å². The molecule has 6 aromatic rings. The number of ketones is 1. The molecule has 2 unspecified atom stereocenters. The fourth-order valence-electron chi connectivity index (χ4n) is 10.4. The molecule has 33 nitrogen and oxygen atoms in total. The number of hydrogen-bond donors (Lipinski definition) is 15. The molecule has 0 bridgehead atoms. The number of unbranched alkanes of at least 4 members (excludes halogenated alkanes) is 1. The molecule has 7 rings (SSSR count). The van der Waals surface area contributed by atoms with Gasteiger partial charge in [-0.15, -0.1) is 11.8 Å². The number of carbonyl (C=O) groups excluding carboxylic acids is 10. The lowest BCUT2D eigenvalue weighted by Crippen LogP contribution is -2.55. The minimum absolute atomic E-state index is 0.0247. The maximum Gasteiger partial charge on any atom is 0.307 e. The number of anilines is 3. The number of H-pyrrole nitrogens is 2. The topological polar surface area (TPSA) is 520 Å². The summed E-state index contributed by atoms with van der Waals surface area (Å²) in [4.78, 5) is 189. The molecule has 1 aliphatic rings. The van der Waals surface area contributed by atoms with Crippen molar-refractivity contribution in [2.45, 2.75) is 135 Å². The number of nitrogens with two attached hydrogens (primary N) is 2. The van der Waals surface area contributed by atoms with Crippen molar-refractivity contribution in [1.29, 1.82) is 5.41 Å². The lowest BCUT2D eigenvalue weighted by Gasteiger charge is -2.24. The summed E-state index contributed by atoms with van der Waals surface area (Å²) in [5.41, 5.74) is 18.0. The van der Waals surface area contributed by atoms with Gasteiger partial charge in [0.05, 0.1) is 53.6 Å². The molecule has 0 radical (unpaired) electrons. The number of amides is 9. The molecule has 0 aliphatic carbocycles. The zero-order chi connectivity index (χ0) is 72.9. The van der Waals surface area contributed by atoms with Gasteiger partial charge in [-0.1, -0.05) is 32.4 Å². The molecular formula is C66H80N18O15S. The van der Waals surface area contributed by atoms with Gasteiger partial charge in [0, 0.05) is 90.0 Å². The van der Waals surface area contributed by atoms with Crippen molar-refractivity contribution in [3.05, 3.63) is 117 Å². The highest BCUT2D eigenvalue weighted by Crippen LogP contribution is 2.29. The van der Waals surface area contributed by atoms with E-state index >= 15 is 0 Å². The largest absolute Gasteiger partial charge is 0.481 e. The van der Waals surface area contributed by atoms with E-state index in [4.69, 9.17) is 16.9 Å². The number of aryl methyl sites for hydroxylation is 1. The van der Waals surface area contributed by atoms with Crippen molar-refractivity contribution < 1.29 is 67.7 Å². The zero-order valence-corrected chi connectivity index (χ0v) is 56.3. The van der Waals surface area contributed by atoms with Crippen LogP contribution in [-0.4, -0.2) is 171 Å². The normalized spacial score (nSPS) is 14.5. The van der Waals surface area contributed by atoms with Crippen molar-refractivity contribution in [1.82, 2.24) is 61.8 Å². The molecule has 100 heavy (non-hydrogen) atoms. The Hall–Kier alpha value is -11.5. The number of likely N-dealkylation sites (tertiary alicyclic amines) is 1. The number of benzene rings is 3. The van der Waals surface area contributed by atoms with E-state index in [0.717, 1.165) is 33.3 Å². The second kappa shape index (κ2) is 35.7. The van der Waals surface area contributed by atoms with Crippen molar-refractivity contribution in [3.63, 3.8) is 0 Å². The lowest BCUT2D eigenvalue weighted by atomic mass is 9.97. The predicted octanol–water partition coefficient (Wildman–Crippen LogP) is 2.50. The van der Waals surface area contributed by atoms with Crippen LogP contribution in [0.1, 0.15) is 130 Å². The third-order valence-electron chi connectivity index (χ3n) is 15.9. The number of carboxylic acids is 2. The van der Waals surface area contributed by atoms with Crippen LogP contribution in [0.5, 0.6) is 0 Å². The second-order valence-corrected chi connectivity index (χ2v) is 25.4. The van der Waals surface area contributed by atoms with Crippen LogP contribution in [0, 0.1) is 24.2 Å². The number of imide groups is 1. The standard InChI is InChI=1S/C66H80N18O15S/c1-33(2)55(62(95)76-43-20-21-45-40(26-43)25-34(3)73-45)79-60(93)39-14-12-37(13-15-39)35(4)82-83-52(87)22-24-84-53(88)29-49(64(84)97)100-32-41(65(98)99)27-48(85)47(28-54(89)90)78-61(94)46(9-6-7-10-50(67)68)77-58(91)36(5)74-51(86)11-8-23-70-59(92)38-16-18-42(19-17-38)71-30-44-31-72-57-56(75-44)63(96)81-66(69)80-57/h12-21,25-26,31,33,36,41,46-47,49,55,71,73H,6-11,22-24,27-30,32H2,1-5H3,(H3,67,68)(H,70,92)(H,74,86)(H,76,95)(H,77,91)(H,78,94)(H,79,93)(H,83,87)(H,89,90)(H,98,99)(H3,69,72,80,81,96)/t36-,41?,46+,47+,49?,55-/m0/s1. The molecule has 0 spiro atoms. The molecule has 6 atom stereocenters. The number of aliphatic carboxylic acids is 2. The van der Waals surface area contributed by atoms with Gasteiger partial charge in [-0.3, -0.25) is 77.6 Å². The number of carbonyl (C=O) groups is 12. The van der Waals surface area contributed by atoms with Crippen LogP contribution in [-0.2, 0) is 54.5 Å². The summed E-state index contributed by atoms with van der Waals surface area (Å²) in [5.74, 6) is -12.3. The first-order valence-corrected chi connectivity index (χ1v) is 33.0. The molecule has 1 aliphatic heterocycles. The van der Waals surface area contributed by atoms with Crippen LogP contribution in [0.3, 0.4) is 0 Å².